The monoisotopic (exact) mass is 228 g/mol. The molecule has 0 aliphatic carbocycles. The van der Waals surface area contributed by atoms with Crippen molar-refractivity contribution in [2.75, 3.05) is 0 Å². The Labute approximate surface area is 97.4 Å². The molecule has 0 saturated carbocycles. The summed E-state index contributed by atoms with van der Waals surface area (Å²) in [5.41, 5.74) is 0.390. The van der Waals surface area contributed by atoms with Gasteiger partial charge in [0.15, 0.2) is 0 Å². The Balaban J connectivity index is 2.22. The summed E-state index contributed by atoms with van der Waals surface area (Å²) in [6, 6.07) is 12.5. The van der Waals surface area contributed by atoms with Crippen molar-refractivity contribution >= 4 is 11.8 Å². The van der Waals surface area contributed by atoms with E-state index in [1.165, 1.54) is 11.8 Å². The van der Waals surface area contributed by atoms with Gasteiger partial charge in [-0.3, -0.25) is 0 Å². The van der Waals surface area contributed by atoms with Gasteiger partial charge in [-0.1, -0.05) is 23.9 Å². The van der Waals surface area contributed by atoms with Crippen molar-refractivity contribution in [3.63, 3.8) is 0 Å². The average molecular weight is 228 g/mol. The molecule has 1 heterocycles. The van der Waals surface area contributed by atoms with Crippen molar-refractivity contribution in [2.45, 2.75) is 9.79 Å². The van der Waals surface area contributed by atoms with Crippen LogP contribution in [0.4, 0.5) is 0 Å². The van der Waals surface area contributed by atoms with Gasteiger partial charge in [0.1, 0.15) is 17.5 Å². The fourth-order valence-corrected chi connectivity index (χ4v) is 1.99. The number of aromatic nitrogens is 1. The summed E-state index contributed by atoms with van der Waals surface area (Å²) in [6.45, 7) is 0. The van der Waals surface area contributed by atoms with E-state index in [-0.39, 0.29) is 5.75 Å². The number of rotatable bonds is 2. The first-order chi connectivity index (χ1) is 7.79. The highest BCUT2D eigenvalue weighted by Gasteiger charge is 2.02. The minimum Gasteiger partial charge on any atom is -0.507 e. The maximum atomic E-state index is 9.58. The maximum absolute atomic E-state index is 9.58. The lowest BCUT2D eigenvalue weighted by Crippen LogP contribution is -1.81. The van der Waals surface area contributed by atoms with Crippen LogP contribution in [0, 0.1) is 11.3 Å². The van der Waals surface area contributed by atoms with Crippen molar-refractivity contribution in [1.82, 2.24) is 4.98 Å². The Kier molecular flexibility index (Phi) is 3.08. The van der Waals surface area contributed by atoms with Crippen LogP contribution in [0.5, 0.6) is 5.75 Å². The minimum atomic E-state index is 0.247. The molecular formula is C12H8N2OS. The molecule has 4 heteroatoms. The fraction of sp³-hybridized carbons (Fsp3) is 0. The van der Waals surface area contributed by atoms with Crippen molar-refractivity contribution in [1.29, 1.82) is 5.26 Å². The van der Waals surface area contributed by atoms with Gasteiger partial charge in [0.25, 0.3) is 0 Å². The van der Waals surface area contributed by atoms with Crippen molar-refractivity contribution < 1.29 is 5.11 Å². The molecule has 2 aromatic rings. The van der Waals surface area contributed by atoms with Crippen molar-refractivity contribution in [3.05, 3.63) is 48.3 Å². The predicted octanol–water partition coefficient (Wildman–Crippen LogP) is 2.81. The van der Waals surface area contributed by atoms with E-state index < -0.39 is 0 Å². The third-order valence-corrected chi connectivity index (χ3v) is 2.99. The van der Waals surface area contributed by atoms with E-state index in [2.05, 4.69) is 4.98 Å². The molecule has 0 saturated heterocycles. The Morgan fingerprint density at radius 3 is 2.62 bits per heavy atom. The van der Waals surface area contributed by atoms with E-state index in [9.17, 15) is 5.11 Å². The van der Waals surface area contributed by atoms with Crippen LogP contribution < -0.4 is 0 Å². The second-order valence-electron chi connectivity index (χ2n) is 3.06. The predicted molar refractivity (Wildman–Crippen MR) is 61.2 cm³/mol. The van der Waals surface area contributed by atoms with E-state index >= 15 is 0 Å². The van der Waals surface area contributed by atoms with E-state index in [1.807, 2.05) is 24.3 Å². The highest BCUT2D eigenvalue weighted by molar-refractivity contribution is 7.99. The van der Waals surface area contributed by atoms with Gasteiger partial charge in [0, 0.05) is 11.1 Å². The molecule has 2 rings (SSSR count). The number of nitrogens with zero attached hydrogens (tertiary/aromatic N) is 2. The number of nitriles is 1. The van der Waals surface area contributed by atoms with Gasteiger partial charge in [0.2, 0.25) is 0 Å². The fourth-order valence-electron chi connectivity index (χ4n) is 1.18. The first-order valence-electron chi connectivity index (χ1n) is 4.61. The number of para-hydroxylation sites is 1. The largest absolute Gasteiger partial charge is 0.507 e. The highest BCUT2D eigenvalue weighted by atomic mass is 32.2. The quantitative estimate of drug-likeness (QED) is 0.858. The maximum Gasteiger partial charge on any atom is 0.140 e. The summed E-state index contributed by atoms with van der Waals surface area (Å²) in [7, 11) is 0. The zero-order chi connectivity index (χ0) is 11.4. The van der Waals surface area contributed by atoms with Crippen LogP contribution in [-0.2, 0) is 0 Å². The number of pyridine rings is 1. The van der Waals surface area contributed by atoms with E-state index in [4.69, 9.17) is 5.26 Å². The third-order valence-electron chi connectivity index (χ3n) is 1.94. The number of phenols is 1. The smallest absolute Gasteiger partial charge is 0.140 e. The molecule has 1 aromatic carbocycles. The van der Waals surface area contributed by atoms with Gasteiger partial charge in [-0.25, -0.2) is 4.98 Å². The van der Waals surface area contributed by atoms with Crippen LogP contribution in [0.3, 0.4) is 0 Å². The highest BCUT2D eigenvalue weighted by Crippen LogP contribution is 2.33. The zero-order valence-electron chi connectivity index (χ0n) is 8.29. The average Bonchev–Trinajstić information content (AvgIpc) is 2.33. The molecule has 0 radical (unpaired) electrons. The van der Waals surface area contributed by atoms with Gasteiger partial charge in [-0.2, -0.15) is 5.26 Å². The number of aromatic hydroxyl groups is 1. The first-order valence-corrected chi connectivity index (χ1v) is 5.43. The topological polar surface area (TPSA) is 56.9 Å². The molecule has 78 valence electrons. The lowest BCUT2D eigenvalue weighted by atomic mass is 10.3. The second kappa shape index (κ2) is 4.69. The number of phenolic OH excluding ortho intramolecular Hbond substituents is 1. The third kappa shape index (κ3) is 2.33. The first kappa shape index (κ1) is 10.5. The van der Waals surface area contributed by atoms with Crippen LogP contribution in [0.25, 0.3) is 0 Å². The van der Waals surface area contributed by atoms with Crippen LogP contribution in [-0.4, -0.2) is 10.1 Å². The van der Waals surface area contributed by atoms with E-state index in [0.717, 1.165) is 9.79 Å². The number of benzene rings is 1. The van der Waals surface area contributed by atoms with Crippen LogP contribution in [0.1, 0.15) is 5.69 Å². The Morgan fingerprint density at radius 2 is 2.00 bits per heavy atom. The molecule has 0 aliphatic heterocycles. The number of hydrogen-bond acceptors (Lipinski definition) is 4. The molecule has 3 nitrogen and oxygen atoms in total. The lowest BCUT2D eigenvalue weighted by molar-refractivity contribution is 0.462. The molecule has 0 unspecified atom stereocenters. The Hall–Kier alpha value is -1.99. The van der Waals surface area contributed by atoms with Crippen LogP contribution in [0.15, 0.2) is 52.4 Å². The molecule has 1 N–H and O–H groups in total. The zero-order valence-corrected chi connectivity index (χ0v) is 9.11. The summed E-state index contributed by atoms with van der Waals surface area (Å²) in [5.74, 6) is 0.247. The lowest BCUT2D eigenvalue weighted by Gasteiger charge is -2.03. The van der Waals surface area contributed by atoms with Gasteiger partial charge >= 0.3 is 0 Å². The SMILES string of the molecule is N#Cc1ccc(Sc2ccccc2O)cn1. The summed E-state index contributed by atoms with van der Waals surface area (Å²) in [6.07, 6.45) is 1.62. The molecule has 0 spiro atoms. The molecule has 0 atom stereocenters. The molecule has 1 aromatic heterocycles. The van der Waals surface area contributed by atoms with Crippen molar-refractivity contribution in [2.24, 2.45) is 0 Å². The number of hydrogen-bond donors (Lipinski definition) is 1. The van der Waals surface area contributed by atoms with Gasteiger partial charge in [-0.15, -0.1) is 0 Å². The van der Waals surface area contributed by atoms with Gasteiger partial charge in [-0.05, 0) is 24.3 Å². The van der Waals surface area contributed by atoms with Gasteiger partial charge in [0.05, 0.1) is 4.90 Å². The minimum absolute atomic E-state index is 0.247. The molecule has 0 amide bonds. The van der Waals surface area contributed by atoms with E-state index in [0.29, 0.717) is 5.69 Å². The summed E-state index contributed by atoms with van der Waals surface area (Å²) in [5, 5.41) is 18.2. The summed E-state index contributed by atoms with van der Waals surface area (Å²) in [4.78, 5) is 5.62. The summed E-state index contributed by atoms with van der Waals surface area (Å²) >= 11 is 1.41. The molecule has 16 heavy (non-hydrogen) atoms. The molecular weight excluding hydrogens is 220 g/mol. The molecule has 0 bridgehead atoms. The molecule has 0 fully saturated rings. The van der Waals surface area contributed by atoms with E-state index in [1.54, 1.807) is 24.4 Å². The van der Waals surface area contributed by atoms with Crippen LogP contribution >= 0.6 is 11.8 Å². The molecule has 0 aliphatic rings. The second-order valence-corrected chi connectivity index (χ2v) is 4.18. The Morgan fingerprint density at radius 1 is 1.19 bits per heavy atom. The Bertz CT molecular complexity index is 531. The van der Waals surface area contributed by atoms with Crippen LogP contribution in [0.2, 0.25) is 0 Å². The van der Waals surface area contributed by atoms with Crippen molar-refractivity contribution in [3.8, 4) is 11.8 Å². The normalized spacial score (nSPS) is 9.69. The summed E-state index contributed by atoms with van der Waals surface area (Å²) < 4.78 is 0. The van der Waals surface area contributed by atoms with Gasteiger partial charge < -0.3 is 5.11 Å². The standard InChI is InChI=1S/C12H8N2OS/c13-7-9-5-6-10(8-14-9)16-12-4-2-1-3-11(12)15/h1-6,8,15H.